The number of sulfonamides is 2. The number of hydrogen-bond acceptors (Lipinski definition) is 5. The molecule has 2 aromatic rings. The zero-order valence-electron chi connectivity index (χ0n) is 15.5. The van der Waals surface area contributed by atoms with E-state index in [2.05, 4.69) is 4.72 Å². The standard InChI is InChI=1S/C18H23N3O5S2/c1-27(23,24)21-12-10-20(11-13-21)18(22)8-9-19-28(25,26)17-7-6-15-4-2-3-5-16(15)14-17/h2-7,14,19H,8-13H2,1H3. The fraction of sp³-hybridized carbons (Fsp3) is 0.389. The van der Waals surface area contributed by atoms with E-state index in [9.17, 15) is 21.6 Å². The second kappa shape index (κ2) is 8.16. The Balaban J connectivity index is 1.54. The average molecular weight is 426 g/mol. The van der Waals surface area contributed by atoms with Gasteiger partial charge >= 0.3 is 0 Å². The van der Waals surface area contributed by atoms with Gasteiger partial charge in [0.05, 0.1) is 11.2 Å². The van der Waals surface area contributed by atoms with Crippen molar-refractivity contribution in [3.05, 3.63) is 42.5 Å². The highest BCUT2D eigenvalue weighted by molar-refractivity contribution is 7.89. The van der Waals surface area contributed by atoms with Crippen molar-refractivity contribution in [3.8, 4) is 0 Å². The lowest BCUT2D eigenvalue weighted by atomic mass is 10.1. The maximum atomic E-state index is 12.5. The van der Waals surface area contributed by atoms with Crippen molar-refractivity contribution in [2.75, 3.05) is 39.0 Å². The maximum Gasteiger partial charge on any atom is 0.240 e. The van der Waals surface area contributed by atoms with Crippen LogP contribution in [0.3, 0.4) is 0 Å². The minimum Gasteiger partial charge on any atom is -0.340 e. The van der Waals surface area contributed by atoms with Gasteiger partial charge in [-0.3, -0.25) is 4.79 Å². The first-order chi connectivity index (χ1) is 13.2. The molecular formula is C18H23N3O5S2. The van der Waals surface area contributed by atoms with Gasteiger partial charge in [0, 0.05) is 39.1 Å². The van der Waals surface area contributed by atoms with E-state index in [0.717, 1.165) is 17.0 Å². The highest BCUT2D eigenvalue weighted by Crippen LogP contribution is 2.18. The summed E-state index contributed by atoms with van der Waals surface area (Å²) in [7, 11) is -6.97. The molecule has 0 spiro atoms. The third-order valence-corrected chi connectivity index (χ3v) is 7.48. The molecule has 8 nitrogen and oxygen atoms in total. The molecule has 0 radical (unpaired) electrons. The van der Waals surface area contributed by atoms with Crippen molar-refractivity contribution in [2.45, 2.75) is 11.3 Å². The lowest BCUT2D eigenvalue weighted by Gasteiger charge is -2.33. The highest BCUT2D eigenvalue weighted by Gasteiger charge is 2.26. The van der Waals surface area contributed by atoms with Crippen molar-refractivity contribution in [1.82, 2.24) is 13.9 Å². The number of benzene rings is 2. The Kier molecular flexibility index (Phi) is 6.04. The molecule has 0 bridgehead atoms. The Morgan fingerprint density at radius 3 is 2.25 bits per heavy atom. The normalized spacial score (nSPS) is 16.4. The van der Waals surface area contributed by atoms with Gasteiger partial charge in [0.1, 0.15) is 0 Å². The monoisotopic (exact) mass is 425 g/mol. The van der Waals surface area contributed by atoms with E-state index in [1.165, 1.54) is 10.4 Å². The van der Waals surface area contributed by atoms with Crippen LogP contribution in [0.25, 0.3) is 10.8 Å². The molecule has 152 valence electrons. The summed E-state index contributed by atoms with van der Waals surface area (Å²) in [6.45, 7) is 1.12. The second-order valence-corrected chi connectivity index (χ2v) is 10.4. The molecule has 3 rings (SSSR count). The summed E-state index contributed by atoms with van der Waals surface area (Å²) in [6, 6.07) is 12.4. The van der Waals surface area contributed by atoms with Crippen LogP contribution in [0.2, 0.25) is 0 Å². The van der Waals surface area contributed by atoms with Crippen molar-refractivity contribution in [3.63, 3.8) is 0 Å². The molecule has 1 fully saturated rings. The molecule has 0 saturated carbocycles. The third kappa shape index (κ3) is 4.88. The minimum absolute atomic E-state index is 0.0136. The lowest BCUT2D eigenvalue weighted by molar-refractivity contribution is -0.132. The molecule has 1 aliphatic heterocycles. The van der Waals surface area contributed by atoms with E-state index in [1.807, 2.05) is 24.3 Å². The molecule has 1 aliphatic rings. The molecule has 0 aromatic heterocycles. The number of carbonyl (C=O) groups excluding carboxylic acids is 1. The smallest absolute Gasteiger partial charge is 0.240 e. The number of nitrogens with one attached hydrogen (secondary N) is 1. The first-order valence-electron chi connectivity index (χ1n) is 8.88. The van der Waals surface area contributed by atoms with Crippen LogP contribution in [0.5, 0.6) is 0 Å². The summed E-state index contributed by atoms with van der Waals surface area (Å²) in [6.07, 6.45) is 1.16. The number of nitrogens with zero attached hydrogens (tertiary/aromatic N) is 2. The van der Waals surface area contributed by atoms with Crippen LogP contribution in [-0.4, -0.2) is 70.9 Å². The van der Waals surface area contributed by atoms with E-state index in [-0.39, 0.29) is 36.9 Å². The maximum absolute atomic E-state index is 12.5. The van der Waals surface area contributed by atoms with Gasteiger partial charge in [-0.1, -0.05) is 30.3 Å². The first kappa shape index (κ1) is 20.7. The Morgan fingerprint density at radius 1 is 0.964 bits per heavy atom. The van der Waals surface area contributed by atoms with Crippen LogP contribution in [-0.2, 0) is 24.8 Å². The molecule has 1 saturated heterocycles. The van der Waals surface area contributed by atoms with E-state index < -0.39 is 20.0 Å². The van der Waals surface area contributed by atoms with Gasteiger partial charge in [-0.25, -0.2) is 21.6 Å². The predicted molar refractivity (Wildman–Crippen MR) is 107 cm³/mol. The van der Waals surface area contributed by atoms with Crippen LogP contribution >= 0.6 is 0 Å². The van der Waals surface area contributed by atoms with Crippen molar-refractivity contribution < 1.29 is 21.6 Å². The molecule has 0 aliphatic carbocycles. The third-order valence-electron chi connectivity index (χ3n) is 4.72. The van der Waals surface area contributed by atoms with Crippen molar-refractivity contribution in [1.29, 1.82) is 0 Å². The minimum atomic E-state index is -3.71. The van der Waals surface area contributed by atoms with Gasteiger partial charge in [0.25, 0.3) is 0 Å². The number of piperazine rings is 1. The molecule has 0 unspecified atom stereocenters. The lowest BCUT2D eigenvalue weighted by Crippen LogP contribution is -2.50. The zero-order valence-corrected chi connectivity index (χ0v) is 17.2. The fourth-order valence-electron chi connectivity index (χ4n) is 3.14. The molecule has 1 amide bonds. The quantitative estimate of drug-likeness (QED) is 0.730. The zero-order chi connectivity index (χ0) is 20.4. The van der Waals surface area contributed by atoms with Gasteiger partial charge < -0.3 is 4.90 Å². The number of carbonyl (C=O) groups is 1. The average Bonchev–Trinajstić information content (AvgIpc) is 2.67. The number of rotatable bonds is 6. The van der Waals surface area contributed by atoms with Crippen molar-refractivity contribution in [2.24, 2.45) is 0 Å². The Morgan fingerprint density at radius 2 is 1.61 bits per heavy atom. The summed E-state index contributed by atoms with van der Waals surface area (Å²) >= 11 is 0. The number of amides is 1. The molecule has 2 aromatic carbocycles. The summed E-state index contributed by atoms with van der Waals surface area (Å²) in [5.74, 6) is -0.200. The van der Waals surface area contributed by atoms with Crippen LogP contribution in [0.4, 0.5) is 0 Å². The topological polar surface area (TPSA) is 104 Å². The molecule has 1 N–H and O–H groups in total. The molecule has 0 atom stereocenters. The van der Waals surface area contributed by atoms with Crippen LogP contribution in [0.15, 0.2) is 47.4 Å². The van der Waals surface area contributed by atoms with E-state index >= 15 is 0 Å². The Labute approximate surface area is 165 Å². The van der Waals surface area contributed by atoms with Gasteiger partial charge in [-0.2, -0.15) is 4.31 Å². The van der Waals surface area contributed by atoms with Crippen molar-refractivity contribution >= 4 is 36.7 Å². The summed E-state index contributed by atoms with van der Waals surface area (Å²) in [4.78, 5) is 14.0. The van der Waals surface area contributed by atoms with Gasteiger partial charge in [0.2, 0.25) is 26.0 Å². The molecule has 28 heavy (non-hydrogen) atoms. The van der Waals surface area contributed by atoms with Crippen LogP contribution < -0.4 is 4.72 Å². The summed E-state index contributed by atoms with van der Waals surface area (Å²) < 4.78 is 51.8. The summed E-state index contributed by atoms with van der Waals surface area (Å²) in [5, 5.41) is 1.77. The number of hydrogen-bond donors (Lipinski definition) is 1. The van der Waals surface area contributed by atoms with Gasteiger partial charge in [-0.15, -0.1) is 0 Å². The number of fused-ring (bicyclic) bond motifs is 1. The predicted octanol–water partition coefficient (Wildman–Crippen LogP) is 0.612. The van der Waals surface area contributed by atoms with Crippen LogP contribution in [0, 0.1) is 0 Å². The molecular weight excluding hydrogens is 402 g/mol. The molecule has 1 heterocycles. The van der Waals surface area contributed by atoms with Gasteiger partial charge in [0.15, 0.2) is 0 Å². The van der Waals surface area contributed by atoms with E-state index in [4.69, 9.17) is 0 Å². The van der Waals surface area contributed by atoms with Gasteiger partial charge in [-0.05, 0) is 22.9 Å². The molecule has 10 heteroatoms. The first-order valence-corrected chi connectivity index (χ1v) is 12.2. The Hall–Kier alpha value is -2.01. The van der Waals surface area contributed by atoms with E-state index in [0.29, 0.717) is 13.1 Å². The summed E-state index contributed by atoms with van der Waals surface area (Å²) in [5.41, 5.74) is 0. The van der Waals surface area contributed by atoms with E-state index in [1.54, 1.807) is 17.0 Å². The fourth-order valence-corrected chi connectivity index (χ4v) is 5.03. The second-order valence-electron chi connectivity index (χ2n) is 6.70. The SMILES string of the molecule is CS(=O)(=O)N1CCN(C(=O)CCNS(=O)(=O)c2ccc3ccccc3c2)CC1. The largest absolute Gasteiger partial charge is 0.340 e. The Bertz CT molecular complexity index is 1080. The van der Waals surface area contributed by atoms with Crippen LogP contribution in [0.1, 0.15) is 6.42 Å². The highest BCUT2D eigenvalue weighted by atomic mass is 32.2.